The van der Waals surface area contributed by atoms with Crippen LogP contribution in [0.25, 0.3) is 0 Å². The van der Waals surface area contributed by atoms with Crippen LogP contribution in [0.1, 0.15) is 22.5 Å². The van der Waals surface area contributed by atoms with Gasteiger partial charge in [-0.25, -0.2) is 9.97 Å². The summed E-state index contributed by atoms with van der Waals surface area (Å²) in [5.41, 5.74) is 4.38. The third-order valence-corrected chi connectivity index (χ3v) is 2.69. The van der Waals surface area contributed by atoms with E-state index in [1.54, 1.807) is 6.07 Å². The molecule has 4 nitrogen and oxygen atoms in total. The Hall–Kier alpha value is -2.41. The Morgan fingerprint density at radius 1 is 1.11 bits per heavy atom. The third kappa shape index (κ3) is 2.46. The number of aryl methyl sites for hydroxylation is 3. The SMILES string of the molecule is Cc1cc(C#N)nc(Nc2c(C)cccc2C)n1. The summed E-state index contributed by atoms with van der Waals surface area (Å²) in [5, 5.41) is 12.1. The summed E-state index contributed by atoms with van der Waals surface area (Å²) in [4.78, 5) is 8.43. The van der Waals surface area contributed by atoms with E-state index in [9.17, 15) is 0 Å². The fourth-order valence-electron chi connectivity index (χ4n) is 1.81. The lowest BCUT2D eigenvalue weighted by Crippen LogP contribution is -2.02. The second kappa shape index (κ2) is 4.84. The zero-order valence-electron chi connectivity index (χ0n) is 10.7. The second-order valence-electron chi connectivity index (χ2n) is 4.22. The van der Waals surface area contributed by atoms with Crippen molar-refractivity contribution in [2.45, 2.75) is 20.8 Å². The highest BCUT2D eigenvalue weighted by molar-refractivity contribution is 5.62. The molecule has 0 aliphatic heterocycles. The van der Waals surface area contributed by atoms with E-state index < -0.39 is 0 Å². The zero-order valence-corrected chi connectivity index (χ0v) is 10.7. The number of hydrogen-bond acceptors (Lipinski definition) is 4. The second-order valence-corrected chi connectivity index (χ2v) is 4.22. The molecule has 18 heavy (non-hydrogen) atoms. The van der Waals surface area contributed by atoms with E-state index in [1.807, 2.05) is 45.0 Å². The molecule has 0 spiro atoms. The van der Waals surface area contributed by atoms with Crippen molar-refractivity contribution < 1.29 is 0 Å². The maximum Gasteiger partial charge on any atom is 0.228 e. The molecular weight excluding hydrogens is 224 g/mol. The van der Waals surface area contributed by atoms with Crippen molar-refractivity contribution >= 4 is 11.6 Å². The molecule has 0 aliphatic rings. The Bertz CT molecular complexity index is 606. The van der Waals surface area contributed by atoms with E-state index in [1.165, 1.54) is 0 Å². The van der Waals surface area contributed by atoms with Gasteiger partial charge in [0.05, 0.1) is 0 Å². The summed E-state index contributed by atoms with van der Waals surface area (Å²) >= 11 is 0. The molecule has 0 fully saturated rings. The minimum absolute atomic E-state index is 0.372. The molecule has 90 valence electrons. The maximum absolute atomic E-state index is 8.89. The highest BCUT2D eigenvalue weighted by atomic mass is 15.1. The van der Waals surface area contributed by atoms with E-state index in [0.29, 0.717) is 11.6 Å². The first kappa shape index (κ1) is 12.1. The average molecular weight is 238 g/mol. The molecule has 0 amide bonds. The summed E-state index contributed by atoms with van der Waals surface area (Å²) in [6.07, 6.45) is 0. The number of nitriles is 1. The predicted molar refractivity (Wildman–Crippen MR) is 70.7 cm³/mol. The summed E-state index contributed by atoms with van der Waals surface area (Å²) < 4.78 is 0. The number of hydrogen-bond donors (Lipinski definition) is 1. The van der Waals surface area contributed by atoms with Crippen molar-refractivity contribution in [3.8, 4) is 6.07 Å². The smallest absolute Gasteiger partial charge is 0.228 e. The largest absolute Gasteiger partial charge is 0.324 e. The lowest BCUT2D eigenvalue weighted by atomic mass is 10.1. The fraction of sp³-hybridized carbons (Fsp3) is 0.214. The molecule has 0 atom stereocenters. The fourth-order valence-corrected chi connectivity index (χ4v) is 1.81. The monoisotopic (exact) mass is 238 g/mol. The standard InChI is InChI=1S/C14H14N4/c1-9-5-4-6-10(2)13(9)18-14-16-11(3)7-12(8-15)17-14/h4-7H,1-3H3,(H,16,17,18). The number of rotatable bonds is 2. The minimum Gasteiger partial charge on any atom is -0.324 e. The van der Waals surface area contributed by atoms with E-state index in [4.69, 9.17) is 5.26 Å². The molecule has 0 unspecified atom stereocenters. The molecule has 0 saturated heterocycles. The number of benzene rings is 1. The van der Waals surface area contributed by atoms with Crippen molar-refractivity contribution in [2.24, 2.45) is 0 Å². The van der Waals surface area contributed by atoms with Gasteiger partial charge < -0.3 is 5.32 Å². The van der Waals surface area contributed by atoms with Crippen LogP contribution in [0.4, 0.5) is 11.6 Å². The van der Waals surface area contributed by atoms with Crippen LogP contribution in [0.15, 0.2) is 24.3 Å². The Balaban J connectivity index is 2.40. The third-order valence-electron chi connectivity index (χ3n) is 2.69. The quantitative estimate of drug-likeness (QED) is 0.873. The predicted octanol–water partition coefficient (Wildman–Crippen LogP) is 3.02. The molecule has 4 heteroatoms. The van der Waals surface area contributed by atoms with Crippen molar-refractivity contribution in [3.63, 3.8) is 0 Å². The summed E-state index contributed by atoms with van der Waals surface area (Å²) in [7, 11) is 0. The van der Waals surface area contributed by atoms with Crippen LogP contribution in [0, 0.1) is 32.1 Å². The van der Waals surface area contributed by atoms with Gasteiger partial charge in [0.1, 0.15) is 11.8 Å². The number of anilines is 2. The van der Waals surface area contributed by atoms with E-state index >= 15 is 0 Å². The first-order chi connectivity index (χ1) is 8.60. The van der Waals surface area contributed by atoms with Crippen LogP contribution in [0.5, 0.6) is 0 Å². The first-order valence-electron chi connectivity index (χ1n) is 5.69. The molecule has 0 radical (unpaired) electrons. The Kier molecular flexibility index (Phi) is 3.24. The van der Waals surface area contributed by atoms with Crippen LogP contribution in [-0.2, 0) is 0 Å². The van der Waals surface area contributed by atoms with E-state index in [-0.39, 0.29) is 0 Å². The van der Waals surface area contributed by atoms with Gasteiger partial charge in [-0.15, -0.1) is 0 Å². The molecule has 2 rings (SSSR count). The Labute approximate surface area is 106 Å². The van der Waals surface area contributed by atoms with Gasteiger partial charge in [-0.2, -0.15) is 5.26 Å². The molecule has 0 bridgehead atoms. The summed E-state index contributed by atoms with van der Waals surface area (Å²) in [6, 6.07) is 9.75. The number of nitrogens with one attached hydrogen (secondary N) is 1. The summed E-state index contributed by atoms with van der Waals surface area (Å²) in [6.45, 7) is 5.89. The van der Waals surface area contributed by atoms with Gasteiger partial charge >= 0.3 is 0 Å². The van der Waals surface area contributed by atoms with Crippen LogP contribution >= 0.6 is 0 Å². The van der Waals surface area contributed by atoms with Gasteiger partial charge in [-0.1, -0.05) is 18.2 Å². The molecule has 0 aliphatic carbocycles. The number of nitrogens with zero attached hydrogens (tertiary/aromatic N) is 3. The van der Waals surface area contributed by atoms with Gasteiger partial charge in [0.25, 0.3) is 0 Å². The molecule has 1 aromatic heterocycles. The number of aromatic nitrogens is 2. The molecule has 1 heterocycles. The maximum atomic E-state index is 8.89. The van der Waals surface area contributed by atoms with Crippen molar-refractivity contribution in [3.05, 3.63) is 46.8 Å². The van der Waals surface area contributed by atoms with Gasteiger partial charge in [0.2, 0.25) is 5.95 Å². The van der Waals surface area contributed by atoms with Gasteiger partial charge in [-0.3, -0.25) is 0 Å². The first-order valence-corrected chi connectivity index (χ1v) is 5.69. The van der Waals surface area contributed by atoms with Crippen molar-refractivity contribution in [1.29, 1.82) is 5.26 Å². The number of para-hydroxylation sites is 1. The molecular formula is C14H14N4. The minimum atomic E-state index is 0.372. The van der Waals surface area contributed by atoms with Crippen LogP contribution in [-0.4, -0.2) is 9.97 Å². The molecule has 0 saturated carbocycles. The van der Waals surface area contributed by atoms with Crippen molar-refractivity contribution in [1.82, 2.24) is 9.97 Å². The Morgan fingerprint density at radius 3 is 2.39 bits per heavy atom. The van der Waals surface area contributed by atoms with Crippen molar-refractivity contribution in [2.75, 3.05) is 5.32 Å². The summed E-state index contributed by atoms with van der Waals surface area (Å²) in [5.74, 6) is 0.462. The zero-order chi connectivity index (χ0) is 13.1. The molecule has 2 aromatic rings. The van der Waals surface area contributed by atoms with Gasteiger partial charge in [0, 0.05) is 11.4 Å². The van der Waals surface area contributed by atoms with Gasteiger partial charge in [-0.05, 0) is 38.0 Å². The highest BCUT2D eigenvalue weighted by Crippen LogP contribution is 2.22. The highest BCUT2D eigenvalue weighted by Gasteiger charge is 2.06. The van der Waals surface area contributed by atoms with Gasteiger partial charge in [0.15, 0.2) is 0 Å². The van der Waals surface area contributed by atoms with E-state index in [0.717, 1.165) is 22.5 Å². The molecule has 1 aromatic carbocycles. The Morgan fingerprint density at radius 2 is 1.78 bits per heavy atom. The average Bonchev–Trinajstić information content (AvgIpc) is 2.33. The van der Waals surface area contributed by atoms with Crippen LogP contribution < -0.4 is 5.32 Å². The van der Waals surface area contributed by atoms with E-state index in [2.05, 4.69) is 15.3 Å². The topological polar surface area (TPSA) is 61.6 Å². The van der Waals surface area contributed by atoms with Crippen LogP contribution in [0.3, 0.4) is 0 Å². The normalized spacial score (nSPS) is 9.89. The molecule has 1 N–H and O–H groups in total. The van der Waals surface area contributed by atoms with Crippen LogP contribution in [0.2, 0.25) is 0 Å². The lowest BCUT2D eigenvalue weighted by molar-refractivity contribution is 1.08. The lowest BCUT2D eigenvalue weighted by Gasteiger charge is -2.11.